The van der Waals surface area contributed by atoms with Gasteiger partial charge in [0.25, 0.3) is 18.3 Å². The molecular formula is C23H26F5N7O5S. The molecule has 0 aliphatic carbocycles. The molecule has 0 saturated carbocycles. The number of aliphatic imine (C=N–C) groups is 1. The van der Waals surface area contributed by atoms with E-state index in [-0.39, 0.29) is 23.2 Å². The van der Waals surface area contributed by atoms with Crippen molar-refractivity contribution in [2.24, 2.45) is 4.99 Å². The third-order valence-corrected chi connectivity index (χ3v) is 11.0. The number of nitrogens with zero attached hydrogens (tertiary/aromatic N) is 4. The Morgan fingerprint density at radius 2 is 1.90 bits per heavy atom. The van der Waals surface area contributed by atoms with Gasteiger partial charge in [0.15, 0.2) is 6.61 Å². The molecule has 2 aromatic rings. The van der Waals surface area contributed by atoms with E-state index in [1.165, 1.54) is 20.8 Å². The van der Waals surface area contributed by atoms with Gasteiger partial charge in [0.2, 0.25) is 5.88 Å². The van der Waals surface area contributed by atoms with Crippen LogP contribution >= 0.6 is 0 Å². The minimum Gasteiger partial charge on any atom is -0.470 e. The van der Waals surface area contributed by atoms with E-state index in [0.717, 1.165) is 24.5 Å². The number of carboxylic acid groups (broad SMARTS) is 1. The van der Waals surface area contributed by atoms with E-state index in [0.29, 0.717) is 0 Å². The van der Waals surface area contributed by atoms with E-state index in [4.69, 9.17) is 4.74 Å². The predicted octanol–water partition coefficient (Wildman–Crippen LogP) is 2.51. The molecule has 2 aliphatic heterocycles. The van der Waals surface area contributed by atoms with Gasteiger partial charge in [0.1, 0.15) is 34.4 Å². The number of fused-ring (bicyclic) bond motifs is 1. The molecule has 2 aromatic heterocycles. The lowest BCUT2D eigenvalue weighted by Crippen LogP contribution is -2.73. The first kappa shape index (κ1) is 30.2. The van der Waals surface area contributed by atoms with Crippen molar-refractivity contribution in [2.75, 3.05) is 18.5 Å². The standard InChI is InChI=1S/C23H26F5N7O5S/c1-21(2)19(34-20(37)38)35-22(3,13-6-23(27,28)10-31-41(13,21)39)17-11(24)4-5-15(32-17)33-18(36)12-7-30-16(8-29-12)40-9-14(25)26/h4-5,7-8,13-14,41H,6,9-10H2,1-3H3,(H,31,39)(H,34,35)(H,37,38)(H,32,33,36)/t13-,22+/m1/s1. The highest BCUT2D eigenvalue weighted by Gasteiger charge is 2.62. The van der Waals surface area contributed by atoms with E-state index in [2.05, 4.69) is 35.3 Å². The maximum atomic E-state index is 15.3. The molecule has 0 unspecified atom stereocenters. The van der Waals surface area contributed by atoms with Crippen LogP contribution in [0.15, 0.2) is 29.5 Å². The number of alkyl halides is 4. The second-order valence-corrected chi connectivity index (χ2v) is 13.5. The van der Waals surface area contributed by atoms with Gasteiger partial charge in [-0.1, -0.05) is 0 Å². The van der Waals surface area contributed by atoms with Gasteiger partial charge < -0.3 is 15.2 Å². The maximum absolute atomic E-state index is 15.3. The van der Waals surface area contributed by atoms with Crippen LogP contribution < -0.4 is 20.1 Å². The Kier molecular flexibility index (Phi) is 7.76. The van der Waals surface area contributed by atoms with Crippen molar-refractivity contribution in [3.8, 4) is 5.88 Å². The molecule has 4 rings (SSSR count). The summed E-state index contributed by atoms with van der Waals surface area (Å²) >= 11 is 0. The van der Waals surface area contributed by atoms with E-state index < -0.39 is 81.1 Å². The number of ether oxygens (including phenoxy) is 1. The van der Waals surface area contributed by atoms with E-state index in [1.54, 1.807) is 0 Å². The summed E-state index contributed by atoms with van der Waals surface area (Å²) in [4.78, 5) is 40.1. The van der Waals surface area contributed by atoms with Gasteiger partial charge in [-0.3, -0.25) is 24.0 Å². The lowest BCUT2D eigenvalue weighted by atomic mass is 9.88. The van der Waals surface area contributed by atoms with Gasteiger partial charge >= 0.3 is 6.09 Å². The smallest absolute Gasteiger partial charge is 0.410 e. The fourth-order valence-electron chi connectivity index (χ4n) is 4.76. The number of rotatable bonds is 6. The SMILES string of the molecule is CC1(C)C(NC(=O)O)=N[C@](C)(c2nc(NC(=O)c3cnc(OCC(F)F)cn3)ccc2F)[C@H]2CC(F)(F)CN[SH]21=O. The van der Waals surface area contributed by atoms with Crippen molar-refractivity contribution in [3.63, 3.8) is 0 Å². The minimum absolute atomic E-state index is 0.261. The summed E-state index contributed by atoms with van der Waals surface area (Å²) in [6.07, 6.45) is -3.40. The van der Waals surface area contributed by atoms with Crippen LogP contribution in [-0.2, 0) is 15.7 Å². The summed E-state index contributed by atoms with van der Waals surface area (Å²) < 4.78 is 89.1. The van der Waals surface area contributed by atoms with Crippen LogP contribution in [0.1, 0.15) is 43.4 Å². The summed E-state index contributed by atoms with van der Waals surface area (Å²) in [5.74, 6) is -6.16. The summed E-state index contributed by atoms with van der Waals surface area (Å²) in [6.45, 7) is 2.11. The van der Waals surface area contributed by atoms with Crippen LogP contribution in [0.25, 0.3) is 0 Å². The van der Waals surface area contributed by atoms with Gasteiger partial charge in [0.05, 0.1) is 28.9 Å². The number of amides is 2. The molecule has 0 bridgehead atoms. The van der Waals surface area contributed by atoms with Crippen LogP contribution in [0, 0.1) is 5.82 Å². The quantitative estimate of drug-likeness (QED) is 0.247. The highest BCUT2D eigenvalue weighted by molar-refractivity contribution is 8.04. The Labute approximate surface area is 230 Å². The lowest BCUT2D eigenvalue weighted by Gasteiger charge is -2.57. The Morgan fingerprint density at radius 1 is 1.20 bits per heavy atom. The molecule has 1 fully saturated rings. The number of anilines is 1. The van der Waals surface area contributed by atoms with Crippen LogP contribution in [0.2, 0.25) is 0 Å². The molecule has 2 aliphatic rings. The zero-order chi connectivity index (χ0) is 30.4. The van der Waals surface area contributed by atoms with Crippen LogP contribution in [0.3, 0.4) is 0 Å². The van der Waals surface area contributed by atoms with Crippen LogP contribution in [0.4, 0.5) is 32.6 Å². The normalized spacial score (nSPS) is 24.9. The van der Waals surface area contributed by atoms with Crippen LogP contribution in [-0.4, -0.2) is 77.6 Å². The molecule has 12 nitrogen and oxygen atoms in total. The van der Waals surface area contributed by atoms with Crippen molar-refractivity contribution in [1.82, 2.24) is 25.0 Å². The molecule has 41 heavy (non-hydrogen) atoms. The molecule has 2 amide bonds. The Morgan fingerprint density at radius 3 is 2.51 bits per heavy atom. The Balaban J connectivity index is 1.73. The largest absolute Gasteiger partial charge is 0.470 e. The number of thiol groups is 1. The van der Waals surface area contributed by atoms with Crippen molar-refractivity contribution >= 4 is 33.8 Å². The molecule has 224 valence electrons. The van der Waals surface area contributed by atoms with Crippen molar-refractivity contribution in [1.29, 1.82) is 0 Å². The summed E-state index contributed by atoms with van der Waals surface area (Å²) in [5.41, 5.74) is -2.94. The van der Waals surface area contributed by atoms with Gasteiger partial charge in [-0.2, -0.15) is 0 Å². The van der Waals surface area contributed by atoms with E-state index in [1.807, 2.05) is 0 Å². The summed E-state index contributed by atoms with van der Waals surface area (Å²) in [5, 5.41) is 12.2. The number of carbonyl (C=O) groups is 2. The number of hydrogen-bond donors (Lipinski definition) is 5. The van der Waals surface area contributed by atoms with E-state index in [9.17, 15) is 36.5 Å². The second kappa shape index (κ2) is 10.6. The average molecular weight is 608 g/mol. The molecule has 18 heteroatoms. The third kappa shape index (κ3) is 5.70. The molecule has 4 N–H and O–H groups in total. The summed E-state index contributed by atoms with van der Waals surface area (Å²) in [6, 6.07) is 1.95. The first-order valence-corrected chi connectivity index (χ1v) is 13.8. The van der Waals surface area contributed by atoms with Crippen molar-refractivity contribution < 1.29 is 45.6 Å². The minimum atomic E-state index is -3.98. The first-order chi connectivity index (χ1) is 19.0. The molecule has 2 atom stereocenters. The highest BCUT2D eigenvalue weighted by Crippen LogP contribution is 2.50. The zero-order valence-corrected chi connectivity index (χ0v) is 22.7. The number of hydrogen-bond acceptors (Lipinski definition) is 8. The lowest BCUT2D eigenvalue weighted by molar-refractivity contribution is -0.0139. The van der Waals surface area contributed by atoms with Gasteiger partial charge in [-0.05, 0) is 43.0 Å². The number of pyridine rings is 1. The molecule has 1 saturated heterocycles. The van der Waals surface area contributed by atoms with E-state index >= 15 is 4.39 Å². The van der Waals surface area contributed by atoms with Gasteiger partial charge in [0, 0.05) is 6.42 Å². The summed E-state index contributed by atoms with van der Waals surface area (Å²) in [7, 11) is -3.98. The molecule has 0 radical (unpaired) electrons. The fraction of sp³-hybridized carbons (Fsp3) is 0.478. The Bertz CT molecular complexity index is 1440. The fourth-order valence-corrected chi connectivity index (χ4v) is 8.46. The maximum Gasteiger partial charge on any atom is 0.410 e. The topological polar surface area (TPSA) is 168 Å². The monoisotopic (exact) mass is 607 g/mol. The average Bonchev–Trinajstić information content (AvgIpc) is 2.88. The number of nitrogens with one attached hydrogen (secondary N) is 3. The van der Waals surface area contributed by atoms with Crippen molar-refractivity contribution in [3.05, 3.63) is 41.7 Å². The van der Waals surface area contributed by atoms with Gasteiger partial charge in [-0.15, -0.1) is 0 Å². The molecular weight excluding hydrogens is 581 g/mol. The molecule has 4 heterocycles. The number of carbonyl (C=O) groups excluding carboxylic acids is 1. The first-order valence-electron chi connectivity index (χ1n) is 12.0. The number of amidine groups is 1. The van der Waals surface area contributed by atoms with Crippen LogP contribution in [0.5, 0.6) is 5.88 Å². The Hall–Kier alpha value is -3.80. The van der Waals surface area contributed by atoms with Gasteiger partial charge in [-0.25, -0.2) is 41.7 Å². The van der Waals surface area contributed by atoms with Crippen molar-refractivity contribution in [2.45, 2.75) is 55.1 Å². The molecule has 0 aromatic carbocycles. The predicted molar refractivity (Wildman–Crippen MR) is 137 cm³/mol. The highest BCUT2D eigenvalue weighted by atomic mass is 32.3. The zero-order valence-electron chi connectivity index (χ0n) is 21.8. The second-order valence-electron chi connectivity index (χ2n) is 10.1. The number of halogens is 5. The molecule has 0 spiro atoms. The third-order valence-electron chi connectivity index (χ3n) is 6.92. The number of aromatic nitrogens is 3.